The quantitative estimate of drug-likeness (QED) is 0.734. The SMILES string of the molecule is CCC(CC)N(CCO)CCC(=O)Nc1sccc1C#N. The molecule has 0 bridgehead atoms. The molecule has 6 heteroatoms. The van der Waals surface area contributed by atoms with Crippen molar-refractivity contribution >= 4 is 22.2 Å². The van der Waals surface area contributed by atoms with Crippen LogP contribution in [0.5, 0.6) is 0 Å². The van der Waals surface area contributed by atoms with Crippen LogP contribution in [0.1, 0.15) is 38.7 Å². The van der Waals surface area contributed by atoms with E-state index in [2.05, 4.69) is 30.1 Å². The molecule has 0 atom stereocenters. The summed E-state index contributed by atoms with van der Waals surface area (Å²) in [6.45, 7) is 5.53. The minimum atomic E-state index is -0.0946. The third-order valence-corrected chi connectivity index (χ3v) is 4.34. The van der Waals surface area contributed by atoms with Gasteiger partial charge in [0.15, 0.2) is 0 Å². The molecule has 0 aliphatic carbocycles. The Balaban J connectivity index is 2.52. The number of carbonyl (C=O) groups is 1. The van der Waals surface area contributed by atoms with Crippen LogP contribution < -0.4 is 5.32 Å². The average molecular weight is 309 g/mol. The van der Waals surface area contributed by atoms with Crippen molar-refractivity contribution in [3.8, 4) is 6.07 Å². The minimum absolute atomic E-state index is 0.0946. The number of nitriles is 1. The van der Waals surface area contributed by atoms with Crippen molar-refractivity contribution in [2.45, 2.75) is 39.2 Å². The third-order valence-electron chi connectivity index (χ3n) is 3.51. The first-order valence-corrected chi connectivity index (χ1v) is 8.16. The summed E-state index contributed by atoms with van der Waals surface area (Å²) in [4.78, 5) is 14.1. The number of rotatable bonds is 9. The lowest BCUT2D eigenvalue weighted by atomic mass is 10.1. The Morgan fingerprint density at radius 3 is 2.76 bits per heavy atom. The number of aliphatic hydroxyl groups excluding tert-OH is 1. The number of carbonyl (C=O) groups excluding carboxylic acids is 1. The van der Waals surface area contributed by atoms with Crippen LogP contribution in [0.15, 0.2) is 11.4 Å². The topological polar surface area (TPSA) is 76.4 Å². The highest BCUT2D eigenvalue weighted by molar-refractivity contribution is 7.14. The lowest BCUT2D eigenvalue weighted by Gasteiger charge is -2.29. The van der Waals surface area contributed by atoms with Crippen LogP contribution in [-0.4, -0.2) is 41.7 Å². The van der Waals surface area contributed by atoms with Crippen LogP contribution in [0.2, 0.25) is 0 Å². The van der Waals surface area contributed by atoms with Crippen LogP contribution in [-0.2, 0) is 4.79 Å². The first-order valence-electron chi connectivity index (χ1n) is 7.28. The summed E-state index contributed by atoms with van der Waals surface area (Å²) in [6, 6.07) is 4.14. The predicted octanol–water partition coefficient (Wildman–Crippen LogP) is 2.43. The van der Waals surface area contributed by atoms with Crippen molar-refractivity contribution < 1.29 is 9.90 Å². The van der Waals surface area contributed by atoms with Crippen molar-refractivity contribution in [3.05, 3.63) is 17.0 Å². The van der Waals surface area contributed by atoms with Crippen molar-refractivity contribution in [3.63, 3.8) is 0 Å². The van der Waals surface area contributed by atoms with Gasteiger partial charge in [0.1, 0.15) is 11.1 Å². The molecule has 0 aliphatic heterocycles. The molecule has 0 spiro atoms. The summed E-state index contributed by atoms with van der Waals surface area (Å²) in [6.07, 6.45) is 2.36. The van der Waals surface area contributed by atoms with E-state index in [1.54, 1.807) is 11.4 Å². The van der Waals surface area contributed by atoms with Gasteiger partial charge in [-0.15, -0.1) is 11.3 Å². The fraction of sp³-hybridized carbons (Fsp3) is 0.600. The summed E-state index contributed by atoms with van der Waals surface area (Å²) in [7, 11) is 0. The van der Waals surface area contributed by atoms with Crippen LogP contribution in [0.25, 0.3) is 0 Å². The van der Waals surface area contributed by atoms with Crippen molar-refractivity contribution in [1.29, 1.82) is 5.26 Å². The van der Waals surface area contributed by atoms with Crippen molar-refractivity contribution in [1.82, 2.24) is 4.90 Å². The largest absolute Gasteiger partial charge is 0.395 e. The molecule has 0 aliphatic rings. The van der Waals surface area contributed by atoms with Gasteiger partial charge >= 0.3 is 0 Å². The summed E-state index contributed by atoms with van der Waals surface area (Å²) in [5.41, 5.74) is 0.501. The maximum atomic E-state index is 12.0. The zero-order valence-corrected chi connectivity index (χ0v) is 13.4. The number of hydrogen-bond donors (Lipinski definition) is 2. The zero-order valence-electron chi connectivity index (χ0n) is 12.6. The Bertz CT molecular complexity index is 478. The second kappa shape index (κ2) is 9.50. The van der Waals surface area contributed by atoms with Gasteiger partial charge in [0.25, 0.3) is 0 Å². The predicted molar refractivity (Wildman–Crippen MR) is 85.3 cm³/mol. The van der Waals surface area contributed by atoms with Crippen molar-refractivity contribution in [2.24, 2.45) is 0 Å². The highest BCUT2D eigenvalue weighted by Crippen LogP contribution is 2.22. The van der Waals surface area contributed by atoms with E-state index in [1.807, 2.05) is 0 Å². The second-order valence-corrected chi connectivity index (χ2v) is 5.72. The Kier molecular flexibility index (Phi) is 7.98. The lowest BCUT2D eigenvalue weighted by Crippen LogP contribution is -2.38. The average Bonchev–Trinajstić information content (AvgIpc) is 2.93. The molecule has 0 saturated heterocycles. The molecule has 0 aromatic carbocycles. The van der Waals surface area contributed by atoms with Gasteiger partial charge in [0.05, 0.1) is 12.2 Å². The van der Waals surface area contributed by atoms with E-state index in [4.69, 9.17) is 10.4 Å². The molecule has 0 unspecified atom stereocenters. The Hall–Kier alpha value is -1.42. The van der Waals surface area contributed by atoms with E-state index in [0.717, 1.165) is 12.8 Å². The second-order valence-electron chi connectivity index (χ2n) is 4.80. The van der Waals surface area contributed by atoms with E-state index < -0.39 is 0 Å². The van der Waals surface area contributed by atoms with Crippen LogP contribution >= 0.6 is 11.3 Å². The summed E-state index contributed by atoms with van der Waals surface area (Å²) < 4.78 is 0. The zero-order chi connectivity index (χ0) is 15.7. The van der Waals surface area contributed by atoms with Gasteiger partial charge < -0.3 is 10.4 Å². The van der Waals surface area contributed by atoms with Crippen LogP contribution in [0.3, 0.4) is 0 Å². The van der Waals surface area contributed by atoms with E-state index >= 15 is 0 Å². The molecule has 116 valence electrons. The van der Waals surface area contributed by atoms with Gasteiger partial charge in [-0.05, 0) is 24.3 Å². The standard InChI is InChI=1S/C15H23N3O2S/c1-3-13(4-2)18(8-9-19)7-5-14(20)17-15-12(11-16)6-10-21-15/h6,10,13,19H,3-5,7-9H2,1-2H3,(H,17,20). The maximum Gasteiger partial charge on any atom is 0.226 e. The number of amides is 1. The molecular formula is C15H23N3O2S. The van der Waals surface area contributed by atoms with Crippen LogP contribution in [0.4, 0.5) is 5.00 Å². The normalized spacial score (nSPS) is 10.9. The van der Waals surface area contributed by atoms with Crippen LogP contribution in [0, 0.1) is 11.3 Å². The summed E-state index contributed by atoms with van der Waals surface area (Å²) in [5.74, 6) is -0.0946. The molecule has 0 saturated carbocycles. The number of hydrogen-bond acceptors (Lipinski definition) is 5. The highest BCUT2D eigenvalue weighted by Gasteiger charge is 2.16. The molecule has 21 heavy (non-hydrogen) atoms. The maximum absolute atomic E-state index is 12.0. The Morgan fingerprint density at radius 1 is 1.48 bits per heavy atom. The number of nitrogens with zero attached hydrogens (tertiary/aromatic N) is 2. The number of nitrogens with one attached hydrogen (secondary N) is 1. The van der Waals surface area contributed by atoms with Gasteiger partial charge in [-0.25, -0.2) is 0 Å². The number of thiophene rings is 1. The summed E-state index contributed by atoms with van der Waals surface area (Å²) in [5, 5.41) is 23.2. The summed E-state index contributed by atoms with van der Waals surface area (Å²) >= 11 is 1.35. The van der Waals surface area contributed by atoms with Gasteiger partial charge in [-0.1, -0.05) is 13.8 Å². The number of anilines is 1. The fourth-order valence-corrected chi connectivity index (χ4v) is 3.09. The highest BCUT2D eigenvalue weighted by atomic mass is 32.1. The smallest absolute Gasteiger partial charge is 0.226 e. The lowest BCUT2D eigenvalue weighted by molar-refractivity contribution is -0.116. The van der Waals surface area contributed by atoms with Gasteiger partial charge in [-0.3, -0.25) is 9.69 Å². The molecule has 1 heterocycles. The monoisotopic (exact) mass is 309 g/mol. The molecule has 1 aromatic heterocycles. The molecule has 2 N–H and O–H groups in total. The van der Waals surface area contributed by atoms with E-state index in [1.165, 1.54) is 11.3 Å². The molecule has 0 fully saturated rings. The van der Waals surface area contributed by atoms with E-state index in [-0.39, 0.29) is 12.5 Å². The first kappa shape index (κ1) is 17.6. The molecule has 0 radical (unpaired) electrons. The van der Waals surface area contributed by atoms with E-state index in [9.17, 15) is 4.79 Å². The molecular weight excluding hydrogens is 286 g/mol. The van der Waals surface area contributed by atoms with Gasteiger partial charge in [0, 0.05) is 25.6 Å². The fourth-order valence-electron chi connectivity index (χ4n) is 2.34. The molecule has 1 aromatic rings. The minimum Gasteiger partial charge on any atom is -0.395 e. The van der Waals surface area contributed by atoms with E-state index in [0.29, 0.717) is 36.1 Å². The third kappa shape index (κ3) is 5.46. The van der Waals surface area contributed by atoms with Gasteiger partial charge in [-0.2, -0.15) is 5.26 Å². The van der Waals surface area contributed by atoms with Gasteiger partial charge in [0.2, 0.25) is 5.91 Å². The molecule has 1 amide bonds. The van der Waals surface area contributed by atoms with Crippen molar-refractivity contribution in [2.75, 3.05) is 25.0 Å². The number of aliphatic hydroxyl groups is 1. The molecule has 1 rings (SSSR count). The Labute approximate surface area is 130 Å². The first-order chi connectivity index (χ1) is 10.2. The molecule has 5 nitrogen and oxygen atoms in total. The Morgan fingerprint density at radius 2 is 2.19 bits per heavy atom.